The van der Waals surface area contributed by atoms with Gasteiger partial charge in [0.1, 0.15) is 6.54 Å². The Bertz CT molecular complexity index is 1150. The Morgan fingerprint density at radius 3 is 2.33 bits per heavy atom. The van der Waals surface area contributed by atoms with Crippen molar-refractivity contribution in [1.82, 2.24) is 9.80 Å². The Labute approximate surface area is 213 Å². The van der Waals surface area contributed by atoms with Crippen LogP contribution in [0.2, 0.25) is 0 Å². The van der Waals surface area contributed by atoms with Gasteiger partial charge in [-0.15, -0.1) is 11.3 Å². The molecule has 0 radical (unpaired) electrons. The van der Waals surface area contributed by atoms with Gasteiger partial charge in [0.05, 0.1) is 12.1 Å². The van der Waals surface area contributed by atoms with Gasteiger partial charge in [-0.2, -0.15) is 13.2 Å². The highest BCUT2D eigenvalue weighted by atomic mass is 32.1. The summed E-state index contributed by atoms with van der Waals surface area (Å²) >= 11 is 1.59. The summed E-state index contributed by atoms with van der Waals surface area (Å²) < 4.78 is 44.7. The molecule has 0 unspecified atom stereocenters. The molecule has 5 nitrogen and oxygen atoms in total. The van der Waals surface area contributed by atoms with E-state index in [4.69, 9.17) is 4.74 Å². The van der Waals surface area contributed by atoms with Gasteiger partial charge >= 0.3 is 6.18 Å². The van der Waals surface area contributed by atoms with Crippen LogP contribution in [0.1, 0.15) is 37.7 Å². The molecular weight excluding hydrogens is 489 g/mol. The van der Waals surface area contributed by atoms with Gasteiger partial charge in [-0.3, -0.25) is 9.59 Å². The van der Waals surface area contributed by atoms with Gasteiger partial charge in [0, 0.05) is 42.1 Å². The summed E-state index contributed by atoms with van der Waals surface area (Å²) in [5.74, 6) is -0.917. The zero-order valence-corrected chi connectivity index (χ0v) is 21.1. The van der Waals surface area contributed by atoms with Crippen molar-refractivity contribution in [2.75, 3.05) is 26.8 Å². The highest BCUT2D eigenvalue weighted by molar-refractivity contribution is 7.11. The number of alkyl halides is 3. The zero-order chi connectivity index (χ0) is 26.1. The van der Waals surface area contributed by atoms with Crippen molar-refractivity contribution < 1.29 is 27.5 Å². The molecule has 1 aromatic heterocycles. The topological polar surface area (TPSA) is 49.9 Å². The van der Waals surface area contributed by atoms with E-state index in [1.807, 2.05) is 49.4 Å². The van der Waals surface area contributed by atoms with Crippen molar-refractivity contribution in [1.29, 1.82) is 0 Å². The molecule has 0 fully saturated rings. The lowest BCUT2D eigenvalue weighted by molar-refractivity contribution is -0.137. The molecule has 3 rings (SSSR count). The molecular formula is C27H29F3N2O3S. The van der Waals surface area contributed by atoms with Crippen molar-refractivity contribution in [3.8, 4) is 0 Å². The van der Waals surface area contributed by atoms with Crippen molar-refractivity contribution in [2.45, 2.75) is 32.6 Å². The highest BCUT2D eigenvalue weighted by Gasteiger charge is 2.31. The molecule has 0 aliphatic heterocycles. The monoisotopic (exact) mass is 518 g/mol. The van der Waals surface area contributed by atoms with Crippen LogP contribution in [0.3, 0.4) is 0 Å². The first kappa shape index (κ1) is 27.4. The van der Waals surface area contributed by atoms with Crippen LogP contribution in [0, 0.1) is 6.92 Å². The van der Waals surface area contributed by atoms with Crippen LogP contribution >= 0.6 is 11.3 Å². The number of nitrogens with zero attached hydrogens (tertiary/aromatic N) is 2. The molecule has 0 saturated heterocycles. The van der Waals surface area contributed by atoms with Crippen LogP contribution in [0.25, 0.3) is 0 Å². The van der Waals surface area contributed by atoms with Gasteiger partial charge < -0.3 is 14.5 Å². The molecule has 9 heteroatoms. The molecule has 0 saturated carbocycles. The average molecular weight is 519 g/mol. The van der Waals surface area contributed by atoms with Crippen molar-refractivity contribution in [3.05, 3.63) is 93.2 Å². The normalized spacial score (nSPS) is 11.4. The molecule has 0 N–H and O–H groups in total. The molecule has 1 heterocycles. The number of halogens is 3. The first-order chi connectivity index (χ1) is 17.2. The maximum atomic E-state index is 13.5. The molecule has 0 bridgehead atoms. The van der Waals surface area contributed by atoms with Gasteiger partial charge in [0.15, 0.2) is 0 Å². The number of hydrogen-bond acceptors (Lipinski definition) is 4. The smallest absolute Gasteiger partial charge is 0.385 e. The second kappa shape index (κ2) is 12.7. The molecule has 0 spiro atoms. The standard InChI is InChI=1S/C27H29F3N2O3S/c1-20-12-13-24(36-20)18-32(17-21-8-4-3-5-9-21)25(33)19-31(14-7-15-35-2)26(34)22-10-6-11-23(16-22)27(28,29)30/h3-6,8-13,16H,7,14-15,17-19H2,1-2H3. The molecule has 0 aliphatic rings. The number of thiophene rings is 1. The number of benzene rings is 2. The van der Waals surface area contributed by atoms with E-state index in [-0.39, 0.29) is 24.6 Å². The summed E-state index contributed by atoms with van der Waals surface area (Å²) in [6.45, 7) is 2.98. The predicted octanol–water partition coefficient (Wildman–Crippen LogP) is 5.78. The first-order valence-electron chi connectivity index (χ1n) is 11.5. The summed E-state index contributed by atoms with van der Waals surface area (Å²) in [5.41, 5.74) is -0.0805. The number of carbonyl (C=O) groups is 2. The first-order valence-corrected chi connectivity index (χ1v) is 12.3. The molecule has 2 aromatic carbocycles. The van der Waals surface area contributed by atoms with Gasteiger partial charge in [-0.25, -0.2) is 0 Å². The fraction of sp³-hybridized carbons (Fsp3) is 0.333. The lowest BCUT2D eigenvalue weighted by atomic mass is 10.1. The Kier molecular flexibility index (Phi) is 9.66. The van der Waals surface area contributed by atoms with Crippen LogP contribution in [-0.4, -0.2) is 48.4 Å². The molecule has 2 amide bonds. The number of ether oxygens (including phenoxy) is 1. The van der Waals surface area contributed by atoms with E-state index in [0.29, 0.717) is 26.1 Å². The Balaban J connectivity index is 1.84. The summed E-state index contributed by atoms with van der Waals surface area (Å²) in [6.07, 6.45) is -4.13. The fourth-order valence-corrected chi connectivity index (χ4v) is 4.63. The van der Waals surface area contributed by atoms with Crippen LogP contribution < -0.4 is 0 Å². The maximum absolute atomic E-state index is 13.5. The summed E-state index contributed by atoms with van der Waals surface area (Å²) in [7, 11) is 1.52. The molecule has 0 aliphatic carbocycles. The quantitative estimate of drug-likeness (QED) is 0.302. The Morgan fingerprint density at radius 2 is 1.69 bits per heavy atom. The molecule has 0 atom stereocenters. The van der Waals surface area contributed by atoms with Crippen LogP contribution in [0.5, 0.6) is 0 Å². The number of aryl methyl sites for hydroxylation is 1. The van der Waals surface area contributed by atoms with E-state index >= 15 is 0 Å². The van der Waals surface area contributed by atoms with Crippen LogP contribution in [-0.2, 0) is 28.8 Å². The predicted molar refractivity (Wildman–Crippen MR) is 134 cm³/mol. The summed E-state index contributed by atoms with van der Waals surface area (Å²) in [6, 6.07) is 17.7. The SMILES string of the molecule is COCCCN(CC(=O)N(Cc1ccccc1)Cc1ccc(C)s1)C(=O)c1cccc(C(F)(F)F)c1. The van der Waals surface area contributed by atoms with E-state index in [2.05, 4.69) is 0 Å². The van der Waals surface area contributed by atoms with E-state index in [0.717, 1.165) is 27.5 Å². The van der Waals surface area contributed by atoms with Crippen LogP contribution in [0.4, 0.5) is 13.2 Å². The number of carbonyl (C=O) groups excluding carboxylic acids is 2. The van der Waals surface area contributed by atoms with Crippen LogP contribution in [0.15, 0.2) is 66.7 Å². The average Bonchev–Trinajstić information content (AvgIpc) is 3.27. The number of methoxy groups -OCH3 is 1. The minimum absolute atomic E-state index is 0.112. The van der Waals surface area contributed by atoms with Crippen molar-refractivity contribution in [2.24, 2.45) is 0 Å². The fourth-order valence-electron chi connectivity index (χ4n) is 3.72. The van der Waals surface area contributed by atoms with E-state index in [9.17, 15) is 22.8 Å². The van der Waals surface area contributed by atoms with E-state index in [1.54, 1.807) is 16.2 Å². The molecule has 36 heavy (non-hydrogen) atoms. The lowest BCUT2D eigenvalue weighted by Crippen LogP contribution is -2.43. The number of rotatable bonds is 11. The summed E-state index contributed by atoms with van der Waals surface area (Å²) in [5, 5.41) is 0. The third-order valence-electron chi connectivity index (χ3n) is 5.54. The Hall–Kier alpha value is -3.17. The van der Waals surface area contributed by atoms with Gasteiger partial charge in [-0.1, -0.05) is 36.4 Å². The van der Waals surface area contributed by atoms with Gasteiger partial charge in [0.25, 0.3) is 5.91 Å². The number of hydrogen-bond donors (Lipinski definition) is 0. The summed E-state index contributed by atoms with van der Waals surface area (Å²) in [4.78, 5) is 31.8. The minimum atomic E-state index is -4.57. The Morgan fingerprint density at radius 1 is 0.944 bits per heavy atom. The molecule has 3 aromatic rings. The van der Waals surface area contributed by atoms with E-state index in [1.165, 1.54) is 24.1 Å². The second-order valence-corrected chi connectivity index (χ2v) is 9.77. The highest BCUT2D eigenvalue weighted by Crippen LogP contribution is 2.30. The largest absolute Gasteiger partial charge is 0.416 e. The number of amides is 2. The maximum Gasteiger partial charge on any atom is 0.416 e. The van der Waals surface area contributed by atoms with Crippen molar-refractivity contribution >= 4 is 23.2 Å². The third-order valence-corrected chi connectivity index (χ3v) is 6.52. The lowest BCUT2D eigenvalue weighted by Gasteiger charge is -2.28. The third kappa shape index (κ3) is 7.93. The van der Waals surface area contributed by atoms with E-state index < -0.39 is 17.6 Å². The van der Waals surface area contributed by atoms with Gasteiger partial charge in [-0.05, 0) is 49.2 Å². The minimum Gasteiger partial charge on any atom is -0.385 e. The van der Waals surface area contributed by atoms with Crippen molar-refractivity contribution in [3.63, 3.8) is 0 Å². The molecule has 192 valence electrons. The second-order valence-electron chi connectivity index (χ2n) is 8.40. The van der Waals surface area contributed by atoms with Gasteiger partial charge in [0.2, 0.25) is 5.91 Å². The zero-order valence-electron chi connectivity index (χ0n) is 20.3.